The minimum Gasteiger partial charge on any atom is -0.343 e. The van der Waals surface area contributed by atoms with E-state index < -0.39 is 0 Å². The zero-order chi connectivity index (χ0) is 15.0. The summed E-state index contributed by atoms with van der Waals surface area (Å²) in [4.78, 5) is 0. The van der Waals surface area contributed by atoms with Gasteiger partial charge in [0.05, 0.1) is 23.8 Å². The molecule has 4 nitrogen and oxygen atoms in total. The Kier molecular flexibility index (Phi) is 3.56. The van der Waals surface area contributed by atoms with Gasteiger partial charge in [-0.2, -0.15) is 10.4 Å². The van der Waals surface area contributed by atoms with Gasteiger partial charge in [-0.05, 0) is 17.5 Å². The molecule has 3 rings (SSSR count). The van der Waals surface area contributed by atoms with Crippen molar-refractivity contribution in [2.45, 2.75) is 19.8 Å². The van der Waals surface area contributed by atoms with Gasteiger partial charge in [-0.25, -0.2) is 0 Å². The first-order valence-corrected chi connectivity index (χ1v) is 7.61. The zero-order valence-corrected chi connectivity index (χ0v) is 13.4. The number of anilines is 1. The van der Waals surface area contributed by atoms with Crippen molar-refractivity contribution in [3.8, 4) is 6.07 Å². The molecule has 2 N–H and O–H groups in total. The van der Waals surface area contributed by atoms with Gasteiger partial charge < -0.3 is 5.32 Å². The molecule has 0 saturated carbocycles. The van der Waals surface area contributed by atoms with Crippen molar-refractivity contribution in [3.05, 3.63) is 57.3 Å². The fourth-order valence-electron chi connectivity index (χ4n) is 2.74. The number of halogens is 1. The van der Waals surface area contributed by atoms with E-state index in [0.717, 1.165) is 32.7 Å². The second-order valence-corrected chi connectivity index (χ2v) is 6.23. The van der Waals surface area contributed by atoms with Crippen LogP contribution in [0.2, 0.25) is 0 Å². The largest absolute Gasteiger partial charge is 0.343 e. The molecule has 5 heteroatoms. The number of hydrogen-bond donors (Lipinski definition) is 2. The summed E-state index contributed by atoms with van der Waals surface area (Å²) in [5.41, 5.74) is 3.79. The van der Waals surface area contributed by atoms with Gasteiger partial charge in [0.15, 0.2) is 0 Å². The van der Waals surface area contributed by atoms with Gasteiger partial charge in [0.2, 0.25) is 0 Å². The highest BCUT2D eigenvalue weighted by molar-refractivity contribution is 9.10. The number of nitriles is 1. The third-order valence-corrected chi connectivity index (χ3v) is 4.45. The highest BCUT2D eigenvalue weighted by Gasteiger charge is 2.32. The Morgan fingerprint density at radius 1 is 1.29 bits per heavy atom. The van der Waals surface area contributed by atoms with Crippen LogP contribution in [0.4, 0.5) is 5.82 Å². The average Bonchev–Trinajstić information content (AvgIpc) is 2.94. The van der Waals surface area contributed by atoms with Gasteiger partial charge in [-0.1, -0.05) is 48.0 Å². The van der Waals surface area contributed by atoms with E-state index in [-0.39, 0.29) is 11.8 Å². The van der Waals surface area contributed by atoms with Crippen molar-refractivity contribution >= 4 is 21.7 Å². The van der Waals surface area contributed by atoms with Crippen molar-refractivity contribution in [3.63, 3.8) is 0 Å². The van der Waals surface area contributed by atoms with E-state index in [0.29, 0.717) is 0 Å². The highest BCUT2D eigenvalue weighted by Crippen LogP contribution is 2.43. The van der Waals surface area contributed by atoms with Gasteiger partial charge in [-0.15, -0.1) is 0 Å². The van der Waals surface area contributed by atoms with Crippen LogP contribution in [-0.4, -0.2) is 10.2 Å². The summed E-state index contributed by atoms with van der Waals surface area (Å²) < 4.78 is 1.000. The first-order chi connectivity index (χ1) is 10.1. The number of H-pyrrole nitrogens is 1. The standard InChI is InChI=1S/C16H15BrN4/c1-9(2)15-11(7-18)14(10-5-3-4-6-13(10)17)12-8-19-21-16(12)20-15/h3-6,8-9,14H,1-2H3,(H2,19,20,21). The van der Waals surface area contributed by atoms with E-state index in [1.165, 1.54) is 0 Å². The van der Waals surface area contributed by atoms with Crippen LogP contribution in [0.1, 0.15) is 30.9 Å². The Balaban J connectivity index is 2.26. The molecule has 1 unspecified atom stereocenters. The number of fused-ring (bicyclic) bond motifs is 1. The van der Waals surface area contributed by atoms with Crippen molar-refractivity contribution in [2.75, 3.05) is 5.32 Å². The predicted octanol–water partition coefficient (Wildman–Crippen LogP) is 4.16. The van der Waals surface area contributed by atoms with E-state index >= 15 is 0 Å². The van der Waals surface area contributed by atoms with Crippen LogP contribution in [0.15, 0.2) is 46.2 Å². The molecule has 0 fully saturated rings. The number of nitrogens with zero attached hydrogens (tertiary/aromatic N) is 2. The smallest absolute Gasteiger partial charge is 0.129 e. The fraction of sp³-hybridized carbons (Fsp3) is 0.250. The molecule has 0 spiro atoms. The lowest BCUT2D eigenvalue weighted by Crippen LogP contribution is -2.21. The van der Waals surface area contributed by atoms with Crippen LogP contribution < -0.4 is 5.32 Å². The van der Waals surface area contributed by atoms with E-state index in [9.17, 15) is 5.26 Å². The maximum Gasteiger partial charge on any atom is 0.129 e. The Morgan fingerprint density at radius 3 is 2.71 bits per heavy atom. The van der Waals surface area contributed by atoms with Crippen LogP contribution in [0.25, 0.3) is 0 Å². The monoisotopic (exact) mass is 342 g/mol. The maximum atomic E-state index is 9.70. The second-order valence-electron chi connectivity index (χ2n) is 5.37. The summed E-state index contributed by atoms with van der Waals surface area (Å²) in [7, 11) is 0. The third kappa shape index (κ3) is 2.26. The minimum atomic E-state index is -0.0991. The Labute approximate surface area is 132 Å². The van der Waals surface area contributed by atoms with Crippen LogP contribution in [0.3, 0.4) is 0 Å². The average molecular weight is 343 g/mol. The molecule has 1 aromatic heterocycles. The third-order valence-electron chi connectivity index (χ3n) is 3.73. The zero-order valence-electron chi connectivity index (χ0n) is 11.8. The number of aromatic nitrogens is 2. The molecule has 0 aliphatic carbocycles. The Morgan fingerprint density at radius 2 is 2.05 bits per heavy atom. The molecule has 106 valence electrons. The molecule has 2 heterocycles. The number of nitrogens with one attached hydrogen (secondary N) is 2. The van der Waals surface area contributed by atoms with Crippen molar-refractivity contribution in [1.82, 2.24) is 10.2 Å². The molecule has 21 heavy (non-hydrogen) atoms. The van der Waals surface area contributed by atoms with E-state index in [1.54, 1.807) is 6.20 Å². The van der Waals surface area contributed by atoms with Crippen LogP contribution in [0.5, 0.6) is 0 Å². The first-order valence-electron chi connectivity index (χ1n) is 6.82. The van der Waals surface area contributed by atoms with Gasteiger partial charge >= 0.3 is 0 Å². The lowest BCUT2D eigenvalue weighted by atomic mass is 9.81. The normalized spacial score (nSPS) is 17.4. The summed E-state index contributed by atoms with van der Waals surface area (Å²) in [6.45, 7) is 4.16. The number of aromatic amines is 1. The van der Waals surface area contributed by atoms with Crippen molar-refractivity contribution < 1.29 is 0 Å². The fourth-order valence-corrected chi connectivity index (χ4v) is 3.25. The lowest BCUT2D eigenvalue weighted by molar-refractivity contribution is 0.740. The second kappa shape index (κ2) is 5.38. The van der Waals surface area contributed by atoms with Crippen molar-refractivity contribution in [1.29, 1.82) is 5.26 Å². The molecule has 0 bridgehead atoms. The van der Waals surface area contributed by atoms with Gasteiger partial charge in [0, 0.05) is 15.7 Å². The SMILES string of the molecule is CC(C)C1=C(C#N)C(c2ccccc2Br)c2cn[nH]c2N1. The summed E-state index contributed by atoms with van der Waals surface area (Å²) in [6.07, 6.45) is 1.79. The molecule has 1 aromatic carbocycles. The summed E-state index contributed by atoms with van der Waals surface area (Å²) >= 11 is 3.60. The minimum absolute atomic E-state index is 0.0991. The number of hydrogen-bond acceptors (Lipinski definition) is 3. The molecule has 1 aliphatic heterocycles. The summed E-state index contributed by atoms with van der Waals surface area (Å²) in [6, 6.07) is 10.4. The van der Waals surface area contributed by atoms with Crippen molar-refractivity contribution in [2.24, 2.45) is 5.92 Å². The summed E-state index contributed by atoms with van der Waals surface area (Å²) in [5, 5.41) is 20.1. The van der Waals surface area contributed by atoms with Crippen LogP contribution >= 0.6 is 15.9 Å². The number of rotatable bonds is 2. The van der Waals surface area contributed by atoms with E-state index in [2.05, 4.69) is 51.4 Å². The Hall–Kier alpha value is -2.06. The number of benzene rings is 1. The number of allylic oxidation sites excluding steroid dienone is 2. The summed E-state index contributed by atoms with van der Waals surface area (Å²) in [5.74, 6) is 1.01. The van der Waals surface area contributed by atoms with Gasteiger partial charge in [0.1, 0.15) is 5.82 Å². The highest BCUT2D eigenvalue weighted by atomic mass is 79.9. The first kappa shape index (κ1) is 13.9. The molecular weight excluding hydrogens is 328 g/mol. The topological polar surface area (TPSA) is 64.5 Å². The quantitative estimate of drug-likeness (QED) is 0.860. The lowest BCUT2D eigenvalue weighted by Gasteiger charge is -2.28. The van der Waals surface area contributed by atoms with E-state index in [1.807, 2.05) is 24.3 Å². The Bertz CT molecular complexity index is 752. The molecule has 1 aliphatic rings. The molecule has 0 amide bonds. The van der Waals surface area contributed by atoms with Gasteiger partial charge in [0.25, 0.3) is 0 Å². The molecule has 2 aromatic rings. The van der Waals surface area contributed by atoms with Crippen LogP contribution in [0, 0.1) is 17.2 Å². The molecular formula is C16H15BrN4. The van der Waals surface area contributed by atoms with E-state index in [4.69, 9.17) is 0 Å². The molecule has 0 radical (unpaired) electrons. The molecule has 0 saturated heterocycles. The molecule has 1 atom stereocenters. The van der Waals surface area contributed by atoms with Crippen LogP contribution in [-0.2, 0) is 0 Å². The predicted molar refractivity (Wildman–Crippen MR) is 85.7 cm³/mol. The maximum absolute atomic E-state index is 9.70. The van der Waals surface area contributed by atoms with Gasteiger partial charge in [-0.3, -0.25) is 5.10 Å².